The third-order valence-corrected chi connectivity index (χ3v) is 3.72. The molecule has 0 saturated carbocycles. The topological polar surface area (TPSA) is 85.9 Å². The molecule has 0 fully saturated rings. The summed E-state index contributed by atoms with van der Waals surface area (Å²) in [5, 5.41) is 0. The molecule has 0 aliphatic heterocycles. The molecule has 2 amide bonds. The molecular formula is C21H26N2O5. The molecule has 0 aromatic heterocycles. The van der Waals surface area contributed by atoms with E-state index in [9.17, 15) is 9.59 Å². The molecule has 0 heterocycles. The van der Waals surface area contributed by atoms with E-state index in [1.807, 2.05) is 45.0 Å². The fourth-order valence-electron chi connectivity index (χ4n) is 2.32. The van der Waals surface area contributed by atoms with Crippen LogP contribution in [0.2, 0.25) is 0 Å². The van der Waals surface area contributed by atoms with Crippen LogP contribution in [-0.2, 0) is 4.79 Å². The van der Waals surface area contributed by atoms with Gasteiger partial charge in [-0.25, -0.2) is 0 Å². The zero-order valence-electron chi connectivity index (χ0n) is 16.6. The van der Waals surface area contributed by atoms with E-state index in [4.69, 9.17) is 14.2 Å². The van der Waals surface area contributed by atoms with Gasteiger partial charge < -0.3 is 14.2 Å². The lowest BCUT2D eigenvalue weighted by atomic mass is 10.2. The molecule has 0 spiro atoms. The van der Waals surface area contributed by atoms with Crippen LogP contribution in [0.15, 0.2) is 42.5 Å². The predicted molar refractivity (Wildman–Crippen MR) is 106 cm³/mol. The van der Waals surface area contributed by atoms with Gasteiger partial charge in [0.25, 0.3) is 5.91 Å². The highest BCUT2D eigenvalue weighted by molar-refractivity contribution is 5.96. The second kappa shape index (κ2) is 10.2. The van der Waals surface area contributed by atoms with Crippen LogP contribution in [0.1, 0.15) is 36.2 Å². The fourth-order valence-corrected chi connectivity index (χ4v) is 2.32. The number of carbonyl (C=O) groups is 2. The molecule has 0 bridgehead atoms. The van der Waals surface area contributed by atoms with E-state index in [-0.39, 0.29) is 25.0 Å². The zero-order valence-corrected chi connectivity index (χ0v) is 16.6. The molecule has 2 N–H and O–H groups in total. The molecule has 0 unspecified atom stereocenters. The van der Waals surface area contributed by atoms with Gasteiger partial charge in [-0.15, -0.1) is 0 Å². The SMILES string of the molecule is COc1cc(C(=O)NNC(=O)CCOc2ccc(C)cc2)ccc1OC(C)C. The number of amides is 2. The summed E-state index contributed by atoms with van der Waals surface area (Å²) in [6.45, 7) is 6.00. The molecule has 150 valence electrons. The maximum Gasteiger partial charge on any atom is 0.269 e. The zero-order chi connectivity index (χ0) is 20.5. The van der Waals surface area contributed by atoms with Crippen LogP contribution in [0.5, 0.6) is 17.2 Å². The Kier molecular flexibility index (Phi) is 7.68. The lowest BCUT2D eigenvalue weighted by Crippen LogP contribution is -2.42. The number of methoxy groups -OCH3 is 1. The van der Waals surface area contributed by atoms with E-state index < -0.39 is 5.91 Å². The number of benzene rings is 2. The predicted octanol–water partition coefficient (Wildman–Crippen LogP) is 3.02. The van der Waals surface area contributed by atoms with Crippen molar-refractivity contribution in [1.29, 1.82) is 0 Å². The Labute approximate surface area is 165 Å². The third-order valence-electron chi connectivity index (χ3n) is 3.72. The number of rotatable bonds is 8. The molecule has 0 aliphatic carbocycles. The summed E-state index contributed by atoms with van der Waals surface area (Å²) >= 11 is 0. The minimum atomic E-state index is -0.456. The van der Waals surface area contributed by atoms with Crippen molar-refractivity contribution in [3.05, 3.63) is 53.6 Å². The molecule has 7 heteroatoms. The van der Waals surface area contributed by atoms with E-state index in [0.717, 1.165) is 5.56 Å². The summed E-state index contributed by atoms with van der Waals surface area (Å²) in [4.78, 5) is 24.1. The highest BCUT2D eigenvalue weighted by Gasteiger charge is 2.13. The van der Waals surface area contributed by atoms with Crippen molar-refractivity contribution >= 4 is 11.8 Å². The highest BCUT2D eigenvalue weighted by Crippen LogP contribution is 2.28. The first-order valence-corrected chi connectivity index (χ1v) is 9.02. The number of aryl methyl sites for hydroxylation is 1. The van der Waals surface area contributed by atoms with E-state index in [2.05, 4.69) is 10.9 Å². The van der Waals surface area contributed by atoms with Crippen molar-refractivity contribution in [1.82, 2.24) is 10.9 Å². The highest BCUT2D eigenvalue weighted by atomic mass is 16.5. The van der Waals surface area contributed by atoms with Gasteiger partial charge in [0.2, 0.25) is 5.91 Å². The van der Waals surface area contributed by atoms with Gasteiger partial charge in [0.05, 0.1) is 26.2 Å². The van der Waals surface area contributed by atoms with Gasteiger partial charge in [-0.2, -0.15) is 0 Å². The first-order chi connectivity index (χ1) is 13.4. The standard InChI is InChI=1S/C21H26N2O5/c1-14(2)28-18-10-7-16(13-19(18)26-4)21(25)23-22-20(24)11-12-27-17-8-5-15(3)6-9-17/h5-10,13-14H,11-12H2,1-4H3,(H,22,24)(H,23,25). The first kappa shape index (κ1) is 21.1. The molecule has 2 rings (SSSR count). The fraction of sp³-hybridized carbons (Fsp3) is 0.333. The summed E-state index contributed by atoms with van der Waals surface area (Å²) in [7, 11) is 1.50. The van der Waals surface area contributed by atoms with Crippen LogP contribution in [0.3, 0.4) is 0 Å². The minimum absolute atomic E-state index is 0.0185. The molecule has 28 heavy (non-hydrogen) atoms. The Balaban J connectivity index is 1.80. The van der Waals surface area contributed by atoms with Crippen molar-refractivity contribution in [2.75, 3.05) is 13.7 Å². The van der Waals surface area contributed by atoms with Gasteiger partial charge >= 0.3 is 0 Å². The average molecular weight is 386 g/mol. The normalized spacial score (nSPS) is 10.3. The largest absolute Gasteiger partial charge is 0.493 e. The number of hydrogen-bond acceptors (Lipinski definition) is 5. The number of hydrazine groups is 1. The van der Waals surface area contributed by atoms with Crippen molar-refractivity contribution in [2.24, 2.45) is 0 Å². The van der Waals surface area contributed by atoms with Gasteiger partial charge in [0.15, 0.2) is 11.5 Å². The van der Waals surface area contributed by atoms with Crippen LogP contribution < -0.4 is 25.1 Å². The van der Waals surface area contributed by atoms with Crippen molar-refractivity contribution in [3.8, 4) is 17.2 Å². The lowest BCUT2D eigenvalue weighted by Gasteiger charge is -2.14. The van der Waals surface area contributed by atoms with Crippen LogP contribution in [0.4, 0.5) is 0 Å². The van der Waals surface area contributed by atoms with E-state index in [0.29, 0.717) is 22.8 Å². The van der Waals surface area contributed by atoms with E-state index in [1.54, 1.807) is 18.2 Å². The molecule has 0 aliphatic rings. The molecule has 0 saturated heterocycles. The molecular weight excluding hydrogens is 360 g/mol. The molecule has 2 aromatic carbocycles. The van der Waals surface area contributed by atoms with Gasteiger partial charge in [0, 0.05) is 5.56 Å². The van der Waals surface area contributed by atoms with Gasteiger partial charge in [-0.05, 0) is 51.1 Å². The Hall–Kier alpha value is -3.22. The van der Waals surface area contributed by atoms with Crippen molar-refractivity contribution in [3.63, 3.8) is 0 Å². The maximum atomic E-state index is 12.2. The molecule has 0 radical (unpaired) electrons. The first-order valence-electron chi connectivity index (χ1n) is 9.02. The van der Waals surface area contributed by atoms with Crippen LogP contribution in [0.25, 0.3) is 0 Å². The second-order valence-corrected chi connectivity index (χ2v) is 6.45. The summed E-state index contributed by atoms with van der Waals surface area (Å²) in [5.74, 6) is 0.873. The molecule has 0 atom stereocenters. The molecule has 2 aromatic rings. The summed E-state index contributed by atoms with van der Waals surface area (Å²) in [6, 6.07) is 12.4. The lowest BCUT2D eigenvalue weighted by molar-refractivity contribution is -0.122. The van der Waals surface area contributed by atoms with Crippen LogP contribution in [-0.4, -0.2) is 31.6 Å². The number of ether oxygens (including phenoxy) is 3. The quantitative estimate of drug-likeness (QED) is 0.681. The monoisotopic (exact) mass is 386 g/mol. The van der Waals surface area contributed by atoms with Crippen LogP contribution in [0, 0.1) is 6.92 Å². The summed E-state index contributed by atoms with van der Waals surface area (Å²) in [6.07, 6.45) is 0.0912. The van der Waals surface area contributed by atoms with E-state index >= 15 is 0 Å². The Morgan fingerprint density at radius 3 is 2.36 bits per heavy atom. The van der Waals surface area contributed by atoms with Gasteiger partial charge in [-0.3, -0.25) is 20.4 Å². The summed E-state index contributed by atoms with van der Waals surface area (Å²) < 4.78 is 16.4. The smallest absolute Gasteiger partial charge is 0.269 e. The van der Waals surface area contributed by atoms with Crippen LogP contribution >= 0.6 is 0 Å². The minimum Gasteiger partial charge on any atom is -0.493 e. The number of nitrogens with one attached hydrogen (secondary N) is 2. The molecule has 7 nitrogen and oxygen atoms in total. The number of hydrogen-bond donors (Lipinski definition) is 2. The van der Waals surface area contributed by atoms with E-state index in [1.165, 1.54) is 7.11 Å². The average Bonchev–Trinajstić information content (AvgIpc) is 2.67. The number of carbonyl (C=O) groups excluding carboxylic acids is 2. The third kappa shape index (κ3) is 6.50. The maximum absolute atomic E-state index is 12.2. The Morgan fingerprint density at radius 1 is 1.00 bits per heavy atom. The van der Waals surface area contributed by atoms with Crippen molar-refractivity contribution in [2.45, 2.75) is 33.3 Å². The Morgan fingerprint density at radius 2 is 1.71 bits per heavy atom. The summed E-state index contributed by atoms with van der Waals surface area (Å²) in [5.41, 5.74) is 6.22. The Bertz CT molecular complexity index is 803. The van der Waals surface area contributed by atoms with Crippen molar-refractivity contribution < 1.29 is 23.8 Å². The van der Waals surface area contributed by atoms with Gasteiger partial charge in [-0.1, -0.05) is 17.7 Å². The second-order valence-electron chi connectivity index (χ2n) is 6.45. The van der Waals surface area contributed by atoms with Gasteiger partial charge in [0.1, 0.15) is 5.75 Å².